The second-order valence-electron chi connectivity index (χ2n) is 14.6. The van der Waals surface area contributed by atoms with Crippen molar-refractivity contribution in [1.82, 2.24) is 9.88 Å². The lowest BCUT2D eigenvalue weighted by Gasteiger charge is -2.23. The molecule has 6 nitrogen and oxygen atoms in total. The summed E-state index contributed by atoms with van der Waals surface area (Å²) in [7, 11) is 0. The van der Waals surface area contributed by atoms with Crippen molar-refractivity contribution in [2.24, 2.45) is 9.98 Å². The van der Waals surface area contributed by atoms with E-state index in [4.69, 9.17) is 18.8 Å². The molecule has 1 aliphatic rings. The molecule has 0 saturated heterocycles. The van der Waals surface area contributed by atoms with Crippen LogP contribution in [0.5, 0.6) is 0 Å². The predicted molar refractivity (Wildman–Crippen MR) is 233 cm³/mol. The summed E-state index contributed by atoms with van der Waals surface area (Å²) < 4.78 is 15.6. The van der Waals surface area contributed by atoms with E-state index in [2.05, 4.69) is 143 Å². The van der Waals surface area contributed by atoms with Crippen LogP contribution in [-0.2, 0) is 0 Å². The highest BCUT2D eigenvalue weighted by Gasteiger charge is 2.25. The number of hydrogen-bond donors (Lipinski definition) is 1. The predicted octanol–water partition coefficient (Wildman–Crippen LogP) is 12.7. The van der Waals surface area contributed by atoms with Gasteiger partial charge in [0.25, 0.3) is 0 Å². The monoisotopic (exact) mass is 732 g/mol. The Kier molecular flexibility index (Phi) is 6.89. The maximum absolute atomic E-state index is 6.78. The van der Waals surface area contributed by atoms with Crippen molar-refractivity contribution >= 4 is 77.4 Å². The first-order chi connectivity index (χ1) is 28.2. The fourth-order valence-corrected chi connectivity index (χ4v) is 8.67. The fraction of sp³-hybridized carbons (Fsp3) is 0.0196. The number of nitrogens with zero attached hydrogens (tertiary/aromatic N) is 3. The van der Waals surface area contributed by atoms with Gasteiger partial charge in [-0.2, -0.15) is 0 Å². The second kappa shape index (κ2) is 12.4. The number of hydrogen-bond acceptors (Lipinski definition) is 5. The Bertz CT molecular complexity index is 3390. The first kappa shape index (κ1) is 31.6. The van der Waals surface area contributed by atoms with Gasteiger partial charge >= 0.3 is 0 Å². The summed E-state index contributed by atoms with van der Waals surface area (Å²) in [6.45, 7) is 0. The Morgan fingerprint density at radius 2 is 1.12 bits per heavy atom. The van der Waals surface area contributed by atoms with Crippen molar-refractivity contribution in [3.8, 4) is 16.8 Å². The van der Waals surface area contributed by atoms with Crippen molar-refractivity contribution in [2.45, 2.75) is 6.17 Å². The molecular formula is C51H32N4O2. The van der Waals surface area contributed by atoms with Crippen LogP contribution in [0.4, 0.5) is 0 Å². The molecular weight excluding hydrogens is 701 g/mol. The van der Waals surface area contributed by atoms with E-state index in [0.29, 0.717) is 5.84 Å². The van der Waals surface area contributed by atoms with Gasteiger partial charge in [-0.15, -0.1) is 0 Å². The Labute approximate surface area is 326 Å². The van der Waals surface area contributed by atoms with Gasteiger partial charge < -0.3 is 18.7 Å². The second-order valence-corrected chi connectivity index (χ2v) is 14.6. The van der Waals surface area contributed by atoms with Gasteiger partial charge in [-0.3, -0.25) is 0 Å². The third-order valence-corrected chi connectivity index (χ3v) is 11.3. The molecule has 4 heterocycles. The molecule has 1 N–H and O–H groups in total. The van der Waals surface area contributed by atoms with Crippen LogP contribution >= 0.6 is 0 Å². The quantitative estimate of drug-likeness (QED) is 0.192. The molecule has 6 heteroatoms. The van der Waals surface area contributed by atoms with Crippen molar-refractivity contribution in [3.63, 3.8) is 0 Å². The SMILES string of the molecule is c1ccc(C2=NC(c3cccc4c3oc3cccc(-c5ccc6oc7ccc(-n8c9ccccc9c9ccccc98)cc7c6c5)c34)NC(c3ccccc3)=N2)cc1. The first-order valence-corrected chi connectivity index (χ1v) is 19.2. The zero-order valence-corrected chi connectivity index (χ0v) is 30.6. The molecule has 0 aliphatic carbocycles. The van der Waals surface area contributed by atoms with Crippen LogP contribution in [0, 0.1) is 0 Å². The Hall–Kier alpha value is -7.70. The number of amidine groups is 2. The Balaban J connectivity index is 0.999. The van der Waals surface area contributed by atoms with Gasteiger partial charge in [-0.05, 0) is 59.7 Å². The summed E-state index contributed by atoms with van der Waals surface area (Å²) in [5.74, 6) is 1.44. The maximum atomic E-state index is 6.78. The molecule has 0 saturated carbocycles. The van der Waals surface area contributed by atoms with E-state index in [1.54, 1.807) is 0 Å². The van der Waals surface area contributed by atoms with Gasteiger partial charge in [0.05, 0.1) is 11.0 Å². The van der Waals surface area contributed by atoms with Crippen LogP contribution in [0.2, 0.25) is 0 Å². The molecule has 0 spiro atoms. The van der Waals surface area contributed by atoms with Crippen molar-refractivity contribution in [3.05, 3.63) is 199 Å². The minimum Gasteiger partial charge on any atom is -0.456 e. The van der Waals surface area contributed by atoms with Gasteiger partial charge in [0.1, 0.15) is 28.2 Å². The average Bonchev–Trinajstić information content (AvgIpc) is 3.96. The molecule has 268 valence electrons. The lowest BCUT2D eigenvalue weighted by molar-refractivity contribution is 0.628. The van der Waals surface area contributed by atoms with E-state index in [1.807, 2.05) is 48.5 Å². The highest BCUT2D eigenvalue weighted by atomic mass is 16.3. The standard InChI is InChI=1S/C51H32N4O2/c1-3-13-31(14-4-1)49-52-50(32-15-5-2-6-16-32)54-51(53-49)39-21-11-20-38-47-35(19-12-24-46(47)57-48(38)39)33-25-27-44-40(29-33)41-30-34(26-28-45(41)56-44)55-42-22-9-7-17-36(42)37-18-8-10-23-43(37)55/h1-30,51H,(H,52,53,54). The van der Waals surface area contributed by atoms with Crippen molar-refractivity contribution < 1.29 is 8.83 Å². The van der Waals surface area contributed by atoms with Gasteiger partial charge in [-0.25, -0.2) is 9.98 Å². The molecule has 11 aromatic rings. The Morgan fingerprint density at radius 3 is 1.89 bits per heavy atom. The smallest absolute Gasteiger partial charge is 0.159 e. The number of para-hydroxylation sites is 3. The molecule has 3 aromatic heterocycles. The van der Waals surface area contributed by atoms with E-state index in [-0.39, 0.29) is 0 Å². The van der Waals surface area contributed by atoms with E-state index in [0.717, 1.165) is 83.2 Å². The molecule has 8 aromatic carbocycles. The average molecular weight is 733 g/mol. The number of aromatic nitrogens is 1. The molecule has 0 bridgehead atoms. The normalized spacial score (nSPS) is 14.5. The largest absolute Gasteiger partial charge is 0.456 e. The molecule has 57 heavy (non-hydrogen) atoms. The summed E-state index contributed by atoms with van der Waals surface area (Å²) >= 11 is 0. The number of benzene rings is 8. The van der Waals surface area contributed by atoms with E-state index >= 15 is 0 Å². The fourth-order valence-electron chi connectivity index (χ4n) is 8.67. The number of aliphatic imine (C=N–C) groups is 2. The van der Waals surface area contributed by atoms with Crippen LogP contribution in [-0.4, -0.2) is 16.2 Å². The van der Waals surface area contributed by atoms with Gasteiger partial charge in [0, 0.05) is 54.7 Å². The van der Waals surface area contributed by atoms with Crippen LogP contribution in [0.15, 0.2) is 201 Å². The van der Waals surface area contributed by atoms with Crippen molar-refractivity contribution in [2.75, 3.05) is 0 Å². The number of fused-ring (bicyclic) bond motifs is 9. The molecule has 1 unspecified atom stereocenters. The van der Waals surface area contributed by atoms with Crippen LogP contribution in [0.1, 0.15) is 22.9 Å². The summed E-state index contributed by atoms with van der Waals surface area (Å²) in [5, 5.41) is 10.3. The zero-order chi connectivity index (χ0) is 37.5. The van der Waals surface area contributed by atoms with Crippen LogP contribution < -0.4 is 5.32 Å². The number of rotatable bonds is 5. The van der Waals surface area contributed by atoms with E-state index in [1.165, 1.54) is 21.8 Å². The number of furan rings is 2. The minimum atomic E-state index is -0.419. The summed E-state index contributed by atoms with van der Waals surface area (Å²) in [6.07, 6.45) is -0.419. The molecule has 0 fully saturated rings. The maximum Gasteiger partial charge on any atom is 0.159 e. The van der Waals surface area contributed by atoms with Crippen LogP contribution in [0.25, 0.3) is 82.5 Å². The lowest BCUT2D eigenvalue weighted by Crippen LogP contribution is -2.33. The number of nitrogens with one attached hydrogen (secondary N) is 1. The molecule has 1 atom stereocenters. The van der Waals surface area contributed by atoms with Crippen LogP contribution in [0.3, 0.4) is 0 Å². The van der Waals surface area contributed by atoms with E-state index < -0.39 is 6.17 Å². The van der Waals surface area contributed by atoms with Gasteiger partial charge in [0.2, 0.25) is 0 Å². The molecule has 0 radical (unpaired) electrons. The lowest BCUT2D eigenvalue weighted by atomic mass is 9.97. The topological polar surface area (TPSA) is 68.0 Å². The Morgan fingerprint density at radius 1 is 0.474 bits per heavy atom. The van der Waals surface area contributed by atoms with Gasteiger partial charge in [-0.1, -0.05) is 133 Å². The van der Waals surface area contributed by atoms with Crippen molar-refractivity contribution in [1.29, 1.82) is 0 Å². The minimum absolute atomic E-state index is 0.419. The summed E-state index contributed by atoms with van der Waals surface area (Å²) in [6, 6.07) is 63.2. The summed E-state index contributed by atoms with van der Waals surface area (Å²) in [5.41, 5.74) is 11.9. The highest BCUT2D eigenvalue weighted by molar-refractivity contribution is 6.16. The molecule has 12 rings (SSSR count). The highest BCUT2D eigenvalue weighted by Crippen LogP contribution is 2.42. The molecule has 1 aliphatic heterocycles. The zero-order valence-electron chi connectivity index (χ0n) is 30.6. The summed E-state index contributed by atoms with van der Waals surface area (Å²) in [4.78, 5) is 10.1. The first-order valence-electron chi connectivity index (χ1n) is 19.2. The third-order valence-electron chi connectivity index (χ3n) is 11.3. The molecule has 0 amide bonds. The van der Waals surface area contributed by atoms with Gasteiger partial charge in [0.15, 0.2) is 12.0 Å². The third kappa shape index (κ3) is 4.97. The van der Waals surface area contributed by atoms with E-state index in [9.17, 15) is 0 Å².